The van der Waals surface area contributed by atoms with Gasteiger partial charge in [0.05, 0.1) is 11.8 Å². The molecular weight excluding hydrogens is 302 g/mol. The van der Waals surface area contributed by atoms with Crippen molar-refractivity contribution >= 4 is 33.6 Å². The second-order valence-corrected chi connectivity index (χ2v) is 7.80. The van der Waals surface area contributed by atoms with Crippen molar-refractivity contribution < 1.29 is 23.1 Å². The molecule has 0 spiro atoms. The Morgan fingerprint density at radius 1 is 1.50 bits per heavy atom. The number of aryl methyl sites for hydroxylation is 1. The minimum Gasteiger partial charge on any atom is -0.477 e. The lowest BCUT2D eigenvalue weighted by Gasteiger charge is -2.18. The summed E-state index contributed by atoms with van der Waals surface area (Å²) >= 11 is 1.19. The van der Waals surface area contributed by atoms with E-state index in [-0.39, 0.29) is 10.6 Å². The number of thiophene rings is 1. The molecule has 8 heteroatoms. The third kappa shape index (κ3) is 3.25. The van der Waals surface area contributed by atoms with Crippen LogP contribution in [0, 0.1) is 0 Å². The number of hydrogen-bond donors (Lipinski definition) is 1. The van der Waals surface area contributed by atoms with Crippen LogP contribution in [0.15, 0.2) is 12.1 Å². The molecule has 110 valence electrons. The number of aldehydes is 1. The zero-order chi connectivity index (χ0) is 14.8. The third-order valence-corrected chi connectivity index (χ3v) is 6.28. The zero-order valence-corrected chi connectivity index (χ0v) is 12.3. The minimum absolute atomic E-state index is 0.0264. The molecule has 20 heavy (non-hydrogen) atoms. The first-order valence-electron chi connectivity index (χ1n) is 6.21. The van der Waals surface area contributed by atoms with Crippen LogP contribution in [0.2, 0.25) is 0 Å². The van der Waals surface area contributed by atoms with Gasteiger partial charge >= 0.3 is 5.97 Å². The highest BCUT2D eigenvalue weighted by Crippen LogP contribution is 2.22. The number of carbonyl (C=O) groups excluding carboxylic acids is 1. The molecule has 2 heterocycles. The van der Waals surface area contributed by atoms with Gasteiger partial charge in [0, 0.05) is 11.4 Å². The average Bonchev–Trinajstić information content (AvgIpc) is 2.95. The highest BCUT2D eigenvalue weighted by atomic mass is 32.2. The second kappa shape index (κ2) is 6.02. The first kappa shape index (κ1) is 15.1. The van der Waals surface area contributed by atoms with Gasteiger partial charge in [-0.1, -0.05) is 0 Å². The quantitative estimate of drug-likeness (QED) is 0.790. The Morgan fingerprint density at radius 2 is 2.25 bits per heavy atom. The van der Waals surface area contributed by atoms with E-state index >= 15 is 0 Å². The SMILES string of the molecule is O=CC1CCS(=O)(=O)N1CCCc1ccc(C(=O)O)s1. The van der Waals surface area contributed by atoms with E-state index < -0.39 is 22.0 Å². The molecule has 2 rings (SSSR count). The molecule has 0 aliphatic carbocycles. The number of carbonyl (C=O) groups is 2. The van der Waals surface area contributed by atoms with Gasteiger partial charge < -0.3 is 9.90 Å². The standard InChI is InChI=1S/C12H15NO5S2/c14-8-9-5-7-20(17,18)13(9)6-1-2-10-3-4-11(19-10)12(15)16/h3-4,8-9H,1-2,5-7H2,(H,15,16). The summed E-state index contributed by atoms with van der Waals surface area (Å²) in [6.07, 6.45) is 2.21. The van der Waals surface area contributed by atoms with Gasteiger partial charge in [0.2, 0.25) is 10.0 Å². The van der Waals surface area contributed by atoms with E-state index in [1.807, 2.05) is 0 Å². The van der Waals surface area contributed by atoms with Crippen LogP contribution in [0.1, 0.15) is 27.4 Å². The van der Waals surface area contributed by atoms with E-state index in [1.165, 1.54) is 15.6 Å². The largest absolute Gasteiger partial charge is 0.477 e. The van der Waals surface area contributed by atoms with Crippen LogP contribution in [-0.2, 0) is 21.2 Å². The maximum atomic E-state index is 11.8. The van der Waals surface area contributed by atoms with Crippen LogP contribution >= 0.6 is 11.3 Å². The minimum atomic E-state index is -3.30. The molecule has 0 bridgehead atoms. The van der Waals surface area contributed by atoms with Gasteiger partial charge in [-0.3, -0.25) is 0 Å². The number of aromatic carboxylic acids is 1. The van der Waals surface area contributed by atoms with Crippen molar-refractivity contribution in [3.63, 3.8) is 0 Å². The lowest BCUT2D eigenvalue weighted by molar-refractivity contribution is -0.110. The van der Waals surface area contributed by atoms with Gasteiger partial charge in [-0.2, -0.15) is 4.31 Å². The summed E-state index contributed by atoms with van der Waals surface area (Å²) in [7, 11) is -3.30. The Kier molecular flexibility index (Phi) is 4.56. The molecule has 1 aliphatic heterocycles. The zero-order valence-electron chi connectivity index (χ0n) is 10.7. The Balaban J connectivity index is 1.91. The molecule has 6 nitrogen and oxygen atoms in total. The van der Waals surface area contributed by atoms with Crippen molar-refractivity contribution in [1.29, 1.82) is 0 Å². The Morgan fingerprint density at radius 3 is 2.85 bits per heavy atom. The van der Waals surface area contributed by atoms with Gasteiger partial charge in [0.25, 0.3) is 0 Å². The first-order chi connectivity index (χ1) is 9.44. The number of hydrogen-bond acceptors (Lipinski definition) is 5. The molecule has 1 aromatic rings. The van der Waals surface area contributed by atoms with E-state index in [0.29, 0.717) is 32.1 Å². The lowest BCUT2D eigenvalue weighted by Crippen LogP contribution is -2.35. The lowest BCUT2D eigenvalue weighted by atomic mass is 10.2. The summed E-state index contributed by atoms with van der Waals surface area (Å²) in [5, 5.41) is 8.82. The van der Waals surface area contributed by atoms with E-state index in [1.54, 1.807) is 12.1 Å². The molecule has 1 atom stereocenters. The van der Waals surface area contributed by atoms with Crippen molar-refractivity contribution in [3.05, 3.63) is 21.9 Å². The smallest absolute Gasteiger partial charge is 0.345 e. The highest BCUT2D eigenvalue weighted by Gasteiger charge is 2.36. The number of nitrogens with zero attached hydrogens (tertiary/aromatic N) is 1. The molecule has 1 N–H and O–H groups in total. The van der Waals surface area contributed by atoms with Crippen LogP contribution in [-0.4, -0.2) is 48.4 Å². The maximum Gasteiger partial charge on any atom is 0.345 e. The average molecular weight is 317 g/mol. The fraction of sp³-hybridized carbons (Fsp3) is 0.500. The summed E-state index contributed by atoms with van der Waals surface area (Å²) in [5.41, 5.74) is 0. The maximum absolute atomic E-state index is 11.8. The summed E-state index contributed by atoms with van der Waals surface area (Å²) < 4.78 is 24.8. The predicted octanol–water partition coefficient (Wildman–Crippen LogP) is 0.982. The Bertz CT molecular complexity index is 607. The van der Waals surface area contributed by atoms with Crippen LogP contribution in [0.3, 0.4) is 0 Å². The van der Waals surface area contributed by atoms with Crippen molar-refractivity contribution in [2.24, 2.45) is 0 Å². The fourth-order valence-corrected chi connectivity index (χ4v) is 4.85. The van der Waals surface area contributed by atoms with Crippen LogP contribution in [0.5, 0.6) is 0 Å². The number of rotatable bonds is 6. The summed E-state index contributed by atoms with van der Waals surface area (Å²) in [6.45, 7) is 0.298. The van der Waals surface area contributed by atoms with E-state index in [2.05, 4.69) is 0 Å². The van der Waals surface area contributed by atoms with Gasteiger partial charge in [-0.15, -0.1) is 11.3 Å². The Hall–Kier alpha value is -1.25. The van der Waals surface area contributed by atoms with Crippen molar-refractivity contribution in [1.82, 2.24) is 4.31 Å². The molecule has 0 radical (unpaired) electrons. The molecule has 1 aromatic heterocycles. The fourth-order valence-electron chi connectivity index (χ4n) is 2.21. The van der Waals surface area contributed by atoms with Crippen molar-refractivity contribution in [2.45, 2.75) is 25.3 Å². The molecule has 1 unspecified atom stereocenters. The third-order valence-electron chi connectivity index (χ3n) is 3.23. The number of carboxylic acid groups (broad SMARTS) is 1. The molecule has 0 saturated carbocycles. The van der Waals surface area contributed by atoms with Gasteiger partial charge in [0.1, 0.15) is 11.2 Å². The summed E-state index contributed by atoms with van der Waals surface area (Å²) in [4.78, 5) is 22.8. The monoisotopic (exact) mass is 317 g/mol. The molecule has 1 aliphatic rings. The van der Waals surface area contributed by atoms with Crippen LogP contribution < -0.4 is 0 Å². The topological polar surface area (TPSA) is 91.8 Å². The number of carboxylic acids is 1. The van der Waals surface area contributed by atoms with Crippen LogP contribution in [0.4, 0.5) is 0 Å². The van der Waals surface area contributed by atoms with Crippen molar-refractivity contribution in [2.75, 3.05) is 12.3 Å². The molecule has 0 amide bonds. The molecule has 1 fully saturated rings. The predicted molar refractivity (Wildman–Crippen MR) is 74.6 cm³/mol. The molecular formula is C12H15NO5S2. The highest BCUT2D eigenvalue weighted by molar-refractivity contribution is 7.89. The van der Waals surface area contributed by atoms with Gasteiger partial charge in [-0.25, -0.2) is 13.2 Å². The van der Waals surface area contributed by atoms with E-state index in [0.717, 1.165) is 4.88 Å². The van der Waals surface area contributed by atoms with Crippen molar-refractivity contribution in [3.8, 4) is 0 Å². The van der Waals surface area contributed by atoms with Gasteiger partial charge in [0.15, 0.2) is 0 Å². The van der Waals surface area contributed by atoms with E-state index in [4.69, 9.17) is 5.11 Å². The second-order valence-electron chi connectivity index (χ2n) is 4.59. The van der Waals surface area contributed by atoms with Gasteiger partial charge in [-0.05, 0) is 31.4 Å². The first-order valence-corrected chi connectivity index (χ1v) is 8.63. The summed E-state index contributed by atoms with van der Waals surface area (Å²) in [6, 6.07) is 2.74. The molecule has 0 aromatic carbocycles. The van der Waals surface area contributed by atoms with Crippen LogP contribution in [0.25, 0.3) is 0 Å². The number of sulfonamides is 1. The molecule has 1 saturated heterocycles. The summed E-state index contributed by atoms with van der Waals surface area (Å²) in [5.74, 6) is -0.928. The van der Waals surface area contributed by atoms with E-state index in [9.17, 15) is 18.0 Å². The normalized spacial score (nSPS) is 21.9. The Labute approximate surface area is 121 Å².